The van der Waals surface area contributed by atoms with Crippen LogP contribution in [-0.4, -0.2) is 11.8 Å². The highest BCUT2D eigenvalue weighted by Gasteiger charge is 2.17. The monoisotopic (exact) mass is 197 g/mol. The maximum atomic E-state index is 11.4. The molecule has 0 amide bonds. The molecule has 0 bridgehead atoms. The highest BCUT2D eigenvalue weighted by atomic mass is 16.1. The van der Waals surface area contributed by atoms with E-state index in [1.165, 1.54) is 0 Å². The molecule has 0 aromatic carbocycles. The van der Waals surface area contributed by atoms with E-state index in [9.17, 15) is 4.79 Å². The van der Waals surface area contributed by atoms with E-state index in [4.69, 9.17) is 5.73 Å². The summed E-state index contributed by atoms with van der Waals surface area (Å²) in [6.07, 6.45) is 4.52. The maximum Gasteiger partial charge on any atom is 0.134 e. The van der Waals surface area contributed by atoms with E-state index in [1.807, 2.05) is 0 Å². The quantitative estimate of drug-likeness (QED) is 0.665. The lowest BCUT2D eigenvalue weighted by molar-refractivity contribution is -0.119. The first-order valence-corrected chi connectivity index (χ1v) is 5.23. The zero-order chi connectivity index (χ0) is 11.2. The number of Topliss-reactive ketones (excluding diaryl/α,β-unsaturated/α-hetero) is 1. The molecule has 0 heterocycles. The Morgan fingerprint density at radius 3 is 2.50 bits per heavy atom. The second kappa shape index (κ2) is 5.97. The molecule has 0 spiro atoms. The van der Waals surface area contributed by atoms with Gasteiger partial charge in [0.05, 0.1) is 0 Å². The summed E-state index contributed by atoms with van der Waals surface area (Å²) < 4.78 is 0. The van der Waals surface area contributed by atoms with Crippen LogP contribution in [0.3, 0.4) is 0 Å². The zero-order valence-corrected chi connectivity index (χ0v) is 9.68. The van der Waals surface area contributed by atoms with Crippen molar-refractivity contribution < 1.29 is 4.79 Å². The number of allylic oxidation sites excluding steroid dienone is 1. The third kappa shape index (κ3) is 7.99. The van der Waals surface area contributed by atoms with E-state index in [1.54, 1.807) is 6.08 Å². The lowest BCUT2D eigenvalue weighted by atomic mass is 9.86. The average Bonchev–Trinajstić information content (AvgIpc) is 1.96. The van der Waals surface area contributed by atoms with Crippen LogP contribution in [0.1, 0.15) is 46.5 Å². The fourth-order valence-corrected chi connectivity index (χ4v) is 1.52. The Morgan fingerprint density at radius 2 is 2.07 bits per heavy atom. The second-order valence-corrected chi connectivity index (χ2v) is 5.10. The topological polar surface area (TPSA) is 43.1 Å². The minimum atomic E-state index is 0.00677. The number of rotatable bonds is 6. The van der Waals surface area contributed by atoms with E-state index < -0.39 is 0 Å². The lowest BCUT2D eigenvalue weighted by Crippen LogP contribution is -2.28. The third-order valence-electron chi connectivity index (χ3n) is 1.99. The Morgan fingerprint density at radius 1 is 1.50 bits per heavy atom. The molecule has 2 heteroatoms. The zero-order valence-electron chi connectivity index (χ0n) is 9.68. The van der Waals surface area contributed by atoms with E-state index >= 15 is 0 Å². The number of hydrogen-bond acceptors (Lipinski definition) is 2. The molecule has 1 atom stereocenters. The van der Waals surface area contributed by atoms with Crippen LogP contribution in [0.15, 0.2) is 12.7 Å². The molecule has 0 rings (SSSR count). The number of nitrogens with two attached hydrogens (primary N) is 1. The highest BCUT2D eigenvalue weighted by Crippen LogP contribution is 2.21. The molecule has 0 aliphatic rings. The van der Waals surface area contributed by atoms with Gasteiger partial charge in [-0.2, -0.15) is 0 Å². The molecule has 0 fully saturated rings. The molecule has 2 N–H and O–H groups in total. The minimum Gasteiger partial charge on any atom is -0.327 e. The van der Waals surface area contributed by atoms with Gasteiger partial charge in [-0.05, 0) is 18.3 Å². The molecule has 0 saturated carbocycles. The summed E-state index contributed by atoms with van der Waals surface area (Å²) in [5.74, 6) is 0.252. The van der Waals surface area contributed by atoms with Gasteiger partial charge in [-0.1, -0.05) is 26.8 Å². The van der Waals surface area contributed by atoms with Gasteiger partial charge in [-0.25, -0.2) is 0 Å². The van der Waals surface area contributed by atoms with Crippen LogP contribution in [-0.2, 0) is 4.79 Å². The van der Waals surface area contributed by atoms with Gasteiger partial charge in [0.15, 0.2) is 0 Å². The SMILES string of the molecule is C=CCCC(=O)CC(N)CC(C)(C)C. The Hall–Kier alpha value is -0.630. The van der Waals surface area contributed by atoms with Gasteiger partial charge in [0.1, 0.15) is 5.78 Å². The summed E-state index contributed by atoms with van der Waals surface area (Å²) in [7, 11) is 0. The molecule has 2 nitrogen and oxygen atoms in total. The molecule has 1 unspecified atom stereocenters. The van der Waals surface area contributed by atoms with Crippen LogP contribution in [0.4, 0.5) is 0 Å². The number of carbonyl (C=O) groups is 1. The van der Waals surface area contributed by atoms with E-state index in [-0.39, 0.29) is 17.2 Å². The van der Waals surface area contributed by atoms with Crippen molar-refractivity contribution in [1.82, 2.24) is 0 Å². The summed E-state index contributed by atoms with van der Waals surface area (Å²) >= 11 is 0. The Balaban J connectivity index is 3.76. The average molecular weight is 197 g/mol. The fraction of sp³-hybridized carbons (Fsp3) is 0.750. The molecule has 0 aromatic rings. The summed E-state index contributed by atoms with van der Waals surface area (Å²) in [5.41, 5.74) is 6.09. The van der Waals surface area contributed by atoms with Crippen molar-refractivity contribution in [3.8, 4) is 0 Å². The first-order valence-electron chi connectivity index (χ1n) is 5.23. The van der Waals surface area contributed by atoms with Crippen molar-refractivity contribution in [2.45, 2.75) is 52.5 Å². The van der Waals surface area contributed by atoms with Gasteiger partial charge in [0.25, 0.3) is 0 Å². The van der Waals surface area contributed by atoms with Crippen molar-refractivity contribution >= 4 is 5.78 Å². The second-order valence-electron chi connectivity index (χ2n) is 5.10. The fourth-order valence-electron chi connectivity index (χ4n) is 1.52. The molecular weight excluding hydrogens is 174 g/mol. The van der Waals surface area contributed by atoms with Crippen LogP contribution in [0.2, 0.25) is 0 Å². The van der Waals surface area contributed by atoms with Crippen molar-refractivity contribution in [3.05, 3.63) is 12.7 Å². The Bertz CT molecular complexity index is 191. The third-order valence-corrected chi connectivity index (χ3v) is 1.99. The first-order chi connectivity index (χ1) is 6.35. The van der Waals surface area contributed by atoms with Gasteiger partial charge >= 0.3 is 0 Å². The standard InChI is InChI=1S/C12H23NO/c1-5-6-7-11(14)8-10(13)9-12(2,3)4/h5,10H,1,6-9,13H2,2-4H3. The predicted octanol–water partition coefficient (Wildman–Crippen LogP) is 2.68. The smallest absolute Gasteiger partial charge is 0.134 e. The van der Waals surface area contributed by atoms with E-state index in [0.717, 1.165) is 12.8 Å². The summed E-state index contributed by atoms with van der Waals surface area (Å²) in [5, 5.41) is 0. The van der Waals surface area contributed by atoms with Crippen LogP contribution in [0, 0.1) is 5.41 Å². The normalized spacial score (nSPS) is 13.7. The molecule has 14 heavy (non-hydrogen) atoms. The van der Waals surface area contributed by atoms with Crippen LogP contribution < -0.4 is 5.73 Å². The van der Waals surface area contributed by atoms with Gasteiger partial charge in [0, 0.05) is 18.9 Å². The Kier molecular flexibility index (Phi) is 5.70. The lowest BCUT2D eigenvalue weighted by Gasteiger charge is -2.22. The van der Waals surface area contributed by atoms with Crippen LogP contribution in [0.5, 0.6) is 0 Å². The van der Waals surface area contributed by atoms with Gasteiger partial charge in [-0.3, -0.25) is 4.79 Å². The molecule has 0 saturated heterocycles. The largest absolute Gasteiger partial charge is 0.327 e. The molecule has 0 aromatic heterocycles. The number of hydrogen-bond donors (Lipinski definition) is 1. The predicted molar refractivity (Wildman–Crippen MR) is 61.1 cm³/mol. The van der Waals surface area contributed by atoms with Gasteiger partial charge < -0.3 is 5.73 Å². The maximum absolute atomic E-state index is 11.4. The first kappa shape index (κ1) is 13.4. The summed E-state index contributed by atoms with van der Waals surface area (Å²) in [6.45, 7) is 10.0. The van der Waals surface area contributed by atoms with E-state index in [2.05, 4.69) is 27.4 Å². The summed E-state index contributed by atoms with van der Waals surface area (Å²) in [4.78, 5) is 11.4. The number of ketones is 1. The molecule has 0 radical (unpaired) electrons. The van der Waals surface area contributed by atoms with Gasteiger partial charge in [0.2, 0.25) is 0 Å². The van der Waals surface area contributed by atoms with Crippen molar-refractivity contribution in [3.63, 3.8) is 0 Å². The van der Waals surface area contributed by atoms with Crippen LogP contribution >= 0.6 is 0 Å². The Labute approximate surface area is 87.6 Å². The number of carbonyl (C=O) groups excluding carboxylic acids is 1. The highest BCUT2D eigenvalue weighted by molar-refractivity contribution is 5.79. The molecule has 0 aliphatic heterocycles. The van der Waals surface area contributed by atoms with Crippen LogP contribution in [0.25, 0.3) is 0 Å². The van der Waals surface area contributed by atoms with Gasteiger partial charge in [-0.15, -0.1) is 6.58 Å². The molecule has 0 aliphatic carbocycles. The van der Waals surface area contributed by atoms with Crippen molar-refractivity contribution in [2.24, 2.45) is 11.1 Å². The van der Waals surface area contributed by atoms with Crippen molar-refractivity contribution in [1.29, 1.82) is 0 Å². The minimum absolute atomic E-state index is 0.00677. The molecular formula is C12H23NO. The summed E-state index contributed by atoms with van der Waals surface area (Å²) in [6, 6.07) is 0.00677. The molecule has 82 valence electrons. The van der Waals surface area contributed by atoms with Crippen molar-refractivity contribution in [2.75, 3.05) is 0 Å². The van der Waals surface area contributed by atoms with E-state index in [0.29, 0.717) is 12.8 Å².